The molecule has 0 amide bonds. The van der Waals surface area contributed by atoms with Crippen molar-refractivity contribution in [2.45, 2.75) is 49.7 Å². The van der Waals surface area contributed by atoms with E-state index in [-0.39, 0.29) is 6.54 Å². The van der Waals surface area contributed by atoms with Gasteiger partial charge in [0.2, 0.25) is 0 Å². The molecule has 0 radical (unpaired) electrons. The summed E-state index contributed by atoms with van der Waals surface area (Å²) in [6.45, 7) is -0.367. The second kappa shape index (κ2) is 2.89. The first-order chi connectivity index (χ1) is 6.07. The van der Waals surface area contributed by atoms with E-state index in [0.717, 1.165) is 19.3 Å². The molecule has 1 aliphatic carbocycles. The Morgan fingerprint density at radius 3 is 2.23 bits per heavy atom. The predicted octanol–water partition coefficient (Wildman–Crippen LogP) is 1.29. The zero-order valence-electron chi connectivity index (χ0n) is 7.52. The molecular formula is C9H15F2NO. The molecule has 0 aromatic carbocycles. The van der Waals surface area contributed by atoms with Gasteiger partial charge in [0.25, 0.3) is 5.92 Å². The number of aliphatic hydroxyl groups is 1. The van der Waals surface area contributed by atoms with E-state index in [4.69, 9.17) is 0 Å². The van der Waals surface area contributed by atoms with Crippen LogP contribution in [-0.4, -0.2) is 29.2 Å². The van der Waals surface area contributed by atoms with Crippen LogP contribution in [0.15, 0.2) is 0 Å². The first kappa shape index (κ1) is 9.34. The molecule has 0 aromatic heterocycles. The fourth-order valence-corrected chi connectivity index (χ4v) is 2.52. The zero-order valence-corrected chi connectivity index (χ0v) is 7.52. The summed E-state index contributed by atoms with van der Waals surface area (Å²) >= 11 is 0. The molecule has 2 fully saturated rings. The van der Waals surface area contributed by atoms with Crippen molar-refractivity contribution in [1.29, 1.82) is 0 Å². The number of nitrogens with one attached hydrogen (secondary N) is 1. The van der Waals surface area contributed by atoms with Gasteiger partial charge < -0.3 is 10.4 Å². The summed E-state index contributed by atoms with van der Waals surface area (Å²) in [6.07, 6.45) is 2.87. The highest BCUT2D eigenvalue weighted by Gasteiger charge is 2.57. The van der Waals surface area contributed by atoms with Crippen molar-refractivity contribution in [2.24, 2.45) is 0 Å². The summed E-state index contributed by atoms with van der Waals surface area (Å²) in [4.78, 5) is 0. The van der Waals surface area contributed by atoms with Crippen LogP contribution in [0, 0.1) is 0 Å². The topological polar surface area (TPSA) is 32.3 Å². The third kappa shape index (κ3) is 1.36. The summed E-state index contributed by atoms with van der Waals surface area (Å²) in [5.41, 5.74) is -0.679. The van der Waals surface area contributed by atoms with Gasteiger partial charge in [-0.2, -0.15) is 0 Å². The molecule has 2 rings (SSSR count). The van der Waals surface area contributed by atoms with Crippen LogP contribution in [0.2, 0.25) is 0 Å². The minimum atomic E-state index is -2.93. The number of rotatable bonds is 0. The Morgan fingerprint density at radius 1 is 1.15 bits per heavy atom. The van der Waals surface area contributed by atoms with Gasteiger partial charge in [-0.3, -0.25) is 0 Å². The average molecular weight is 191 g/mol. The minimum Gasteiger partial charge on any atom is -0.385 e. The molecule has 0 aromatic rings. The van der Waals surface area contributed by atoms with Crippen molar-refractivity contribution in [3.63, 3.8) is 0 Å². The Bertz CT molecular complexity index is 202. The molecule has 1 aliphatic heterocycles. The Morgan fingerprint density at radius 2 is 1.77 bits per heavy atom. The maximum absolute atomic E-state index is 13.1. The SMILES string of the molecule is OC1C(F)(F)CNC12CCCCC2. The summed E-state index contributed by atoms with van der Waals surface area (Å²) in [6, 6.07) is 0. The molecule has 0 bridgehead atoms. The normalized spacial score (nSPS) is 36.7. The Balaban J connectivity index is 2.15. The molecule has 13 heavy (non-hydrogen) atoms. The number of hydrogen-bond donors (Lipinski definition) is 2. The van der Waals surface area contributed by atoms with Crippen LogP contribution in [-0.2, 0) is 0 Å². The molecule has 76 valence electrons. The lowest BCUT2D eigenvalue weighted by atomic mass is 9.78. The van der Waals surface area contributed by atoms with Crippen LogP contribution in [0.5, 0.6) is 0 Å². The van der Waals surface area contributed by atoms with Gasteiger partial charge in [0.05, 0.1) is 12.1 Å². The molecule has 2 N–H and O–H groups in total. The molecule has 2 nitrogen and oxygen atoms in total. The maximum atomic E-state index is 13.1. The van der Waals surface area contributed by atoms with Crippen molar-refractivity contribution in [1.82, 2.24) is 5.32 Å². The third-order valence-electron chi connectivity index (χ3n) is 3.35. The molecule has 2 aliphatic rings. The molecule has 1 saturated carbocycles. The molecule has 4 heteroatoms. The molecular weight excluding hydrogens is 176 g/mol. The van der Waals surface area contributed by atoms with Gasteiger partial charge in [-0.15, -0.1) is 0 Å². The second-order valence-corrected chi connectivity index (χ2v) is 4.23. The first-order valence-electron chi connectivity index (χ1n) is 4.88. The molecule has 1 atom stereocenters. The van der Waals surface area contributed by atoms with E-state index >= 15 is 0 Å². The molecule has 1 saturated heterocycles. The van der Waals surface area contributed by atoms with Gasteiger partial charge in [-0.1, -0.05) is 19.3 Å². The van der Waals surface area contributed by atoms with Crippen molar-refractivity contribution in [2.75, 3.05) is 6.54 Å². The van der Waals surface area contributed by atoms with E-state index in [0.29, 0.717) is 12.8 Å². The fourth-order valence-electron chi connectivity index (χ4n) is 2.52. The van der Waals surface area contributed by atoms with Gasteiger partial charge in [-0.25, -0.2) is 8.78 Å². The number of alkyl halides is 2. The maximum Gasteiger partial charge on any atom is 0.287 e. The molecule has 1 unspecified atom stereocenters. The quantitative estimate of drug-likeness (QED) is 0.604. The lowest BCUT2D eigenvalue weighted by Crippen LogP contribution is -2.51. The van der Waals surface area contributed by atoms with E-state index in [1.54, 1.807) is 0 Å². The van der Waals surface area contributed by atoms with Crippen LogP contribution < -0.4 is 5.32 Å². The minimum absolute atomic E-state index is 0.367. The van der Waals surface area contributed by atoms with E-state index in [9.17, 15) is 13.9 Å². The van der Waals surface area contributed by atoms with Gasteiger partial charge in [0.15, 0.2) is 0 Å². The van der Waals surface area contributed by atoms with Gasteiger partial charge in [0.1, 0.15) is 6.10 Å². The van der Waals surface area contributed by atoms with Gasteiger partial charge in [0, 0.05) is 0 Å². The van der Waals surface area contributed by atoms with E-state index in [2.05, 4.69) is 5.32 Å². The second-order valence-electron chi connectivity index (χ2n) is 4.23. The largest absolute Gasteiger partial charge is 0.385 e. The molecule has 1 spiro atoms. The smallest absolute Gasteiger partial charge is 0.287 e. The standard InChI is InChI=1S/C9H15F2NO/c10-9(11)6-12-8(7(9)13)4-2-1-3-5-8/h7,12-13H,1-6H2. The fraction of sp³-hybridized carbons (Fsp3) is 1.00. The first-order valence-corrected chi connectivity index (χ1v) is 4.88. The lowest BCUT2D eigenvalue weighted by molar-refractivity contribution is -0.101. The van der Waals surface area contributed by atoms with E-state index < -0.39 is 17.6 Å². The highest BCUT2D eigenvalue weighted by Crippen LogP contribution is 2.41. The summed E-state index contributed by atoms with van der Waals surface area (Å²) < 4.78 is 26.1. The van der Waals surface area contributed by atoms with E-state index in [1.165, 1.54) is 0 Å². The third-order valence-corrected chi connectivity index (χ3v) is 3.35. The van der Waals surface area contributed by atoms with Crippen molar-refractivity contribution in [3.05, 3.63) is 0 Å². The Kier molecular flexibility index (Phi) is 2.07. The highest BCUT2D eigenvalue weighted by atomic mass is 19.3. The van der Waals surface area contributed by atoms with Crippen LogP contribution in [0.25, 0.3) is 0 Å². The van der Waals surface area contributed by atoms with Crippen LogP contribution in [0.1, 0.15) is 32.1 Å². The Hall–Kier alpha value is -0.220. The predicted molar refractivity (Wildman–Crippen MR) is 44.8 cm³/mol. The van der Waals surface area contributed by atoms with Crippen LogP contribution in [0.3, 0.4) is 0 Å². The highest BCUT2D eigenvalue weighted by molar-refractivity contribution is 5.09. The lowest BCUT2D eigenvalue weighted by Gasteiger charge is -2.36. The van der Waals surface area contributed by atoms with Gasteiger partial charge in [-0.05, 0) is 12.8 Å². The molecule has 1 heterocycles. The average Bonchev–Trinajstić information content (AvgIpc) is 2.33. The van der Waals surface area contributed by atoms with Crippen LogP contribution >= 0.6 is 0 Å². The monoisotopic (exact) mass is 191 g/mol. The number of halogens is 2. The van der Waals surface area contributed by atoms with Crippen molar-refractivity contribution >= 4 is 0 Å². The Labute approximate surface area is 76.3 Å². The van der Waals surface area contributed by atoms with Crippen LogP contribution in [0.4, 0.5) is 8.78 Å². The number of aliphatic hydroxyl groups excluding tert-OH is 1. The van der Waals surface area contributed by atoms with E-state index in [1.807, 2.05) is 0 Å². The van der Waals surface area contributed by atoms with Crippen molar-refractivity contribution < 1.29 is 13.9 Å². The number of hydrogen-bond acceptors (Lipinski definition) is 2. The summed E-state index contributed by atoms with van der Waals surface area (Å²) in [7, 11) is 0. The zero-order chi connectivity index (χ0) is 9.53. The van der Waals surface area contributed by atoms with Crippen molar-refractivity contribution in [3.8, 4) is 0 Å². The van der Waals surface area contributed by atoms with Gasteiger partial charge >= 0.3 is 0 Å². The summed E-state index contributed by atoms with van der Waals surface area (Å²) in [5, 5.41) is 12.3. The summed E-state index contributed by atoms with van der Waals surface area (Å²) in [5.74, 6) is -2.93.